The van der Waals surface area contributed by atoms with Crippen LogP contribution >= 0.6 is 0 Å². The fraction of sp³-hybridized carbons (Fsp3) is 0.294. The highest BCUT2D eigenvalue weighted by atomic mass is 16.5. The molecule has 0 saturated carbocycles. The minimum Gasteiger partial charge on any atom is -0.465 e. The number of hydrogen-bond donors (Lipinski definition) is 2. The number of nitrogens with one attached hydrogen (secondary N) is 2. The topological polar surface area (TPSA) is 93.2 Å². The van der Waals surface area contributed by atoms with Crippen LogP contribution in [0, 0.1) is 0 Å². The van der Waals surface area contributed by atoms with E-state index in [1.807, 2.05) is 20.8 Å². The summed E-state index contributed by atoms with van der Waals surface area (Å²) in [6.07, 6.45) is 1.32. The van der Waals surface area contributed by atoms with Crippen molar-refractivity contribution < 1.29 is 14.3 Å². The van der Waals surface area contributed by atoms with Crippen LogP contribution in [-0.2, 0) is 4.74 Å². The Morgan fingerprint density at radius 2 is 1.75 bits per heavy atom. The van der Waals surface area contributed by atoms with Gasteiger partial charge in [-0.2, -0.15) is 0 Å². The van der Waals surface area contributed by atoms with Crippen molar-refractivity contribution >= 4 is 23.4 Å². The van der Waals surface area contributed by atoms with Gasteiger partial charge < -0.3 is 15.4 Å². The van der Waals surface area contributed by atoms with Gasteiger partial charge in [-0.05, 0) is 45.0 Å². The normalized spacial score (nSPS) is 10.8. The number of hydrogen-bond acceptors (Lipinski definition) is 6. The Morgan fingerprint density at radius 1 is 1.08 bits per heavy atom. The maximum absolute atomic E-state index is 12.1. The van der Waals surface area contributed by atoms with Crippen molar-refractivity contribution in [3.05, 3.63) is 47.9 Å². The molecule has 0 atom stereocenters. The summed E-state index contributed by atoms with van der Waals surface area (Å²) in [5, 5.41) is 5.91. The largest absolute Gasteiger partial charge is 0.465 e. The van der Waals surface area contributed by atoms with Crippen LogP contribution in [0.15, 0.2) is 36.7 Å². The summed E-state index contributed by atoms with van der Waals surface area (Å²) in [6, 6.07) is 8.30. The maximum Gasteiger partial charge on any atom is 0.337 e. The second-order valence-electron chi connectivity index (χ2n) is 6.19. The first-order valence-corrected chi connectivity index (χ1v) is 7.38. The fourth-order valence-electron chi connectivity index (χ4n) is 1.91. The van der Waals surface area contributed by atoms with Gasteiger partial charge in [0, 0.05) is 17.3 Å². The monoisotopic (exact) mass is 328 g/mol. The van der Waals surface area contributed by atoms with E-state index in [9.17, 15) is 9.59 Å². The molecule has 0 aliphatic heterocycles. The van der Waals surface area contributed by atoms with E-state index in [2.05, 4.69) is 25.3 Å². The molecule has 2 rings (SSSR count). The maximum atomic E-state index is 12.1. The van der Waals surface area contributed by atoms with Gasteiger partial charge in [-0.15, -0.1) is 0 Å². The molecule has 0 unspecified atom stereocenters. The van der Waals surface area contributed by atoms with Crippen molar-refractivity contribution in [3.63, 3.8) is 0 Å². The first kappa shape index (κ1) is 17.4. The number of nitrogens with zero attached hydrogens (tertiary/aromatic N) is 2. The number of ether oxygens (including phenoxy) is 1. The number of amides is 1. The highest BCUT2D eigenvalue weighted by Crippen LogP contribution is 2.16. The molecular weight excluding hydrogens is 308 g/mol. The van der Waals surface area contributed by atoms with Crippen LogP contribution in [0.2, 0.25) is 0 Å². The Balaban J connectivity index is 2.12. The molecular formula is C17H20N4O3. The highest BCUT2D eigenvalue weighted by molar-refractivity contribution is 5.93. The smallest absolute Gasteiger partial charge is 0.337 e. The SMILES string of the molecule is COC(=O)c1ccc(Nc2cc(C(=O)NC(C)(C)C)ncn2)cc1. The summed E-state index contributed by atoms with van der Waals surface area (Å²) < 4.78 is 4.65. The first-order valence-electron chi connectivity index (χ1n) is 7.38. The predicted octanol–water partition coefficient (Wildman–Crippen LogP) is 2.54. The molecule has 2 aromatic rings. The lowest BCUT2D eigenvalue weighted by atomic mass is 10.1. The molecule has 0 spiro atoms. The van der Waals surface area contributed by atoms with Crippen LogP contribution in [0.4, 0.5) is 11.5 Å². The molecule has 7 nitrogen and oxygen atoms in total. The van der Waals surface area contributed by atoms with E-state index in [-0.39, 0.29) is 17.1 Å². The van der Waals surface area contributed by atoms with Crippen LogP contribution in [0.3, 0.4) is 0 Å². The van der Waals surface area contributed by atoms with Gasteiger partial charge >= 0.3 is 5.97 Å². The van der Waals surface area contributed by atoms with E-state index >= 15 is 0 Å². The number of carbonyl (C=O) groups is 2. The highest BCUT2D eigenvalue weighted by Gasteiger charge is 2.16. The zero-order chi connectivity index (χ0) is 17.7. The van der Waals surface area contributed by atoms with Gasteiger partial charge in [0.25, 0.3) is 5.91 Å². The van der Waals surface area contributed by atoms with Crippen molar-refractivity contribution in [2.75, 3.05) is 12.4 Å². The van der Waals surface area contributed by atoms with Crippen LogP contribution in [0.25, 0.3) is 0 Å². The van der Waals surface area contributed by atoms with Crippen molar-refractivity contribution in [1.82, 2.24) is 15.3 Å². The van der Waals surface area contributed by atoms with E-state index < -0.39 is 5.97 Å². The molecule has 0 aliphatic carbocycles. The molecule has 1 amide bonds. The summed E-state index contributed by atoms with van der Waals surface area (Å²) in [5.74, 6) is -0.186. The average Bonchev–Trinajstić information content (AvgIpc) is 2.53. The average molecular weight is 328 g/mol. The molecule has 1 aromatic carbocycles. The van der Waals surface area contributed by atoms with Gasteiger partial charge in [0.2, 0.25) is 0 Å². The van der Waals surface area contributed by atoms with Gasteiger partial charge in [-0.3, -0.25) is 4.79 Å². The summed E-state index contributed by atoms with van der Waals surface area (Å²) in [4.78, 5) is 31.6. The third-order valence-electron chi connectivity index (χ3n) is 2.97. The molecule has 0 aliphatic rings. The molecule has 0 radical (unpaired) electrons. The minimum absolute atomic E-state index is 0.269. The Morgan fingerprint density at radius 3 is 2.33 bits per heavy atom. The quantitative estimate of drug-likeness (QED) is 0.838. The minimum atomic E-state index is -0.398. The lowest BCUT2D eigenvalue weighted by Crippen LogP contribution is -2.40. The van der Waals surface area contributed by atoms with Crippen molar-refractivity contribution in [1.29, 1.82) is 0 Å². The van der Waals surface area contributed by atoms with E-state index in [1.54, 1.807) is 30.3 Å². The predicted molar refractivity (Wildman–Crippen MR) is 90.3 cm³/mol. The standard InChI is InChI=1S/C17H20N4O3/c1-17(2,3)21-15(22)13-9-14(19-10-18-13)20-12-7-5-11(6-8-12)16(23)24-4/h5-10H,1-4H3,(H,21,22)(H,18,19,20). The number of methoxy groups -OCH3 is 1. The molecule has 0 bridgehead atoms. The number of aromatic nitrogens is 2. The van der Waals surface area contributed by atoms with Gasteiger partial charge in [0.1, 0.15) is 17.8 Å². The number of rotatable bonds is 4. The molecule has 0 saturated heterocycles. The Bertz CT molecular complexity index is 736. The molecule has 1 heterocycles. The lowest BCUT2D eigenvalue weighted by Gasteiger charge is -2.20. The summed E-state index contributed by atoms with van der Waals surface area (Å²) in [7, 11) is 1.33. The second-order valence-corrected chi connectivity index (χ2v) is 6.19. The van der Waals surface area contributed by atoms with Gasteiger partial charge in [-0.25, -0.2) is 14.8 Å². The van der Waals surface area contributed by atoms with Gasteiger partial charge in [0.05, 0.1) is 12.7 Å². The Hall–Kier alpha value is -2.96. The van der Waals surface area contributed by atoms with Gasteiger partial charge in [-0.1, -0.05) is 0 Å². The third-order valence-corrected chi connectivity index (χ3v) is 2.97. The van der Waals surface area contributed by atoms with Crippen LogP contribution < -0.4 is 10.6 Å². The van der Waals surface area contributed by atoms with Crippen LogP contribution in [0.5, 0.6) is 0 Å². The molecule has 2 N–H and O–H groups in total. The zero-order valence-corrected chi connectivity index (χ0v) is 14.1. The van der Waals surface area contributed by atoms with E-state index in [4.69, 9.17) is 0 Å². The van der Waals surface area contributed by atoms with E-state index in [1.165, 1.54) is 13.4 Å². The van der Waals surface area contributed by atoms with Crippen molar-refractivity contribution in [2.45, 2.75) is 26.3 Å². The second kappa shape index (κ2) is 7.08. The fourth-order valence-corrected chi connectivity index (χ4v) is 1.91. The van der Waals surface area contributed by atoms with E-state index in [0.29, 0.717) is 11.4 Å². The van der Waals surface area contributed by atoms with Crippen LogP contribution in [-0.4, -0.2) is 34.5 Å². The first-order chi connectivity index (χ1) is 11.3. The van der Waals surface area contributed by atoms with E-state index in [0.717, 1.165) is 5.69 Å². The Kier molecular flexibility index (Phi) is 5.13. The number of carbonyl (C=O) groups excluding carboxylic acids is 2. The lowest BCUT2D eigenvalue weighted by molar-refractivity contribution is 0.0600. The summed E-state index contributed by atoms with van der Waals surface area (Å²) in [5.41, 5.74) is 1.10. The molecule has 7 heteroatoms. The molecule has 1 aromatic heterocycles. The number of anilines is 2. The van der Waals surface area contributed by atoms with Crippen LogP contribution in [0.1, 0.15) is 41.6 Å². The van der Waals surface area contributed by atoms with Crippen molar-refractivity contribution in [3.8, 4) is 0 Å². The van der Waals surface area contributed by atoms with Crippen molar-refractivity contribution in [2.24, 2.45) is 0 Å². The summed E-state index contributed by atoms with van der Waals surface area (Å²) >= 11 is 0. The third kappa shape index (κ3) is 4.77. The Labute approximate surface area is 140 Å². The molecule has 0 fully saturated rings. The molecule has 126 valence electrons. The zero-order valence-electron chi connectivity index (χ0n) is 14.1. The molecule has 24 heavy (non-hydrogen) atoms. The van der Waals surface area contributed by atoms with Gasteiger partial charge in [0.15, 0.2) is 0 Å². The number of esters is 1. The summed E-state index contributed by atoms with van der Waals surface area (Å²) in [6.45, 7) is 5.69. The number of benzene rings is 1.